The second-order valence-corrected chi connectivity index (χ2v) is 18.0. The van der Waals surface area contributed by atoms with Crippen molar-refractivity contribution in [1.82, 2.24) is 0 Å². The zero-order valence-corrected chi connectivity index (χ0v) is 25.4. The first-order valence-corrected chi connectivity index (χ1v) is 19.0. The zero-order chi connectivity index (χ0) is 23.3. The molecule has 0 amide bonds. The molecule has 4 unspecified atom stereocenters. The van der Waals surface area contributed by atoms with Crippen molar-refractivity contribution in [3.63, 3.8) is 0 Å². The van der Waals surface area contributed by atoms with Gasteiger partial charge in [0.25, 0.3) is 0 Å². The third-order valence-electron chi connectivity index (χ3n) is 4.46. The molecule has 182 valence electrons. The van der Waals surface area contributed by atoms with Gasteiger partial charge in [0.1, 0.15) is 0 Å². The number of hydrogen-bond donors (Lipinski definition) is 0. The molecule has 0 spiro atoms. The first kappa shape index (κ1) is 29.8. The van der Waals surface area contributed by atoms with Crippen molar-refractivity contribution >= 4 is 104 Å². The largest absolute Gasteiger partial charge is 0.282 e. The summed E-state index contributed by atoms with van der Waals surface area (Å²) in [5.74, 6) is 9.15. The Labute approximate surface area is 228 Å². The molecule has 32 heavy (non-hydrogen) atoms. The highest BCUT2D eigenvalue weighted by Crippen LogP contribution is 2.42. The zero-order valence-electron chi connectivity index (χ0n) is 18.9. The third-order valence-corrected chi connectivity index (χ3v) is 16.9. The predicted octanol–water partition coefficient (Wildman–Crippen LogP) is 7.25. The number of hydrogen-bond acceptors (Lipinski definition) is 10. The molecule has 10 heteroatoms. The Morgan fingerprint density at radius 2 is 1.16 bits per heavy atom. The molecule has 0 aliphatic carbocycles. The Balaban J connectivity index is 1.39. The molecule has 0 saturated carbocycles. The first-order valence-electron chi connectivity index (χ1n) is 10.7. The maximum Gasteiger partial charge on any atom is 0.214 e. The molecule has 0 N–H and O–H groups in total. The van der Waals surface area contributed by atoms with Crippen LogP contribution < -0.4 is 0 Å². The summed E-state index contributed by atoms with van der Waals surface area (Å²) in [7, 11) is 0. The van der Waals surface area contributed by atoms with Gasteiger partial charge in [-0.3, -0.25) is 9.59 Å². The van der Waals surface area contributed by atoms with Crippen LogP contribution in [0.5, 0.6) is 0 Å². The second-order valence-electron chi connectivity index (χ2n) is 7.66. The highest BCUT2D eigenvalue weighted by molar-refractivity contribution is 8.23. The summed E-state index contributed by atoms with van der Waals surface area (Å²) in [6.07, 6.45) is 2.61. The van der Waals surface area contributed by atoms with Crippen molar-refractivity contribution in [1.29, 1.82) is 0 Å². The number of rotatable bonds is 15. The summed E-state index contributed by atoms with van der Waals surface area (Å²) in [5, 5.41) is 1.49. The van der Waals surface area contributed by atoms with E-state index in [-0.39, 0.29) is 10.2 Å². The van der Waals surface area contributed by atoms with Crippen LogP contribution in [0.25, 0.3) is 0 Å². The Morgan fingerprint density at radius 3 is 1.53 bits per heavy atom. The Kier molecular flexibility index (Phi) is 16.0. The van der Waals surface area contributed by atoms with Crippen LogP contribution in [0.4, 0.5) is 0 Å². The lowest BCUT2D eigenvalue weighted by atomic mass is 10.4. The molecular weight excluding hydrogens is 553 g/mol. The summed E-state index contributed by atoms with van der Waals surface area (Å²) in [6.45, 7) is 11.0. The molecule has 2 saturated heterocycles. The van der Waals surface area contributed by atoms with Gasteiger partial charge in [-0.1, -0.05) is 36.7 Å². The quantitative estimate of drug-likeness (QED) is 0.144. The smallest absolute Gasteiger partial charge is 0.214 e. The fourth-order valence-electron chi connectivity index (χ4n) is 2.72. The molecule has 0 aromatic rings. The van der Waals surface area contributed by atoms with Gasteiger partial charge in [0.15, 0.2) is 0 Å². The Hall–Kier alpha value is 1.62. The van der Waals surface area contributed by atoms with Gasteiger partial charge >= 0.3 is 0 Å². The summed E-state index contributed by atoms with van der Waals surface area (Å²) >= 11 is 15.3. The van der Waals surface area contributed by atoms with Crippen LogP contribution in [0, 0.1) is 0 Å². The molecule has 0 aromatic heterocycles. The maximum atomic E-state index is 11.7. The van der Waals surface area contributed by atoms with Crippen molar-refractivity contribution in [2.75, 3.05) is 46.0 Å². The number of thioether (sulfide) groups is 8. The van der Waals surface area contributed by atoms with Crippen molar-refractivity contribution < 1.29 is 9.59 Å². The fraction of sp³-hybridized carbons (Fsp3) is 0.727. The second kappa shape index (κ2) is 17.1. The Morgan fingerprint density at radius 1 is 0.750 bits per heavy atom. The van der Waals surface area contributed by atoms with E-state index in [0.29, 0.717) is 30.8 Å². The summed E-state index contributed by atoms with van der Waals surface area (Å²) in [4.78, 5) is 23.4. The van der Waals surface area contributed by atoms with E-state index in [1.54, 1.807) is 13.8 Å². The molecule has 2 fully saturated rings. The van der Waals surface area contributed by atoms with Crippen molar-refractivity contribution in [3.8, 4) is 0 Å². The van der Waals surface area contributed by atoms with Crippen molar-refractivity contribution in [2.45, 2.75) is 46.4 Å². The van der Waals surface area contributed by atoms with E-state index in [2.05, 4.69) is 83.7 Å². The summed E-state index contributed by atoms with van der Waals surface area (Å²) < 4.78 is 1.38. The van der Waals surface area contributed by atoms with Crippen LogP contribution in [-0.4, -0.2) is 75.9 Å². The van der Waals surface area contributed by atoms with Crippen LogP contribution in [0.1, 0.15) is 26.7 Å². The number of carbonyl (C=O) groups excluding carboxylic acids is 2. The highest BCUT2D eigenvalue weighted by Gasteiger charge is 2.27. The highest BCUT2D eigenvalue weighted by atomic mass is 32.2. The number of unbranched alkanes of at least 4 members (excludes halogenated alkanes) is 1. The molecule has 2 heterocycles. The minimum absolute atomic E-state index is 0.144. The van der Waals surface area contributed by atoms with E-state index >= 15 is 0 Å². The number of carbonyl (C=O) groups is 2. The van der Waals surface area contributed by atoms with E-state index in [1.807, 2.05) is 0 Å². The van der Waals surface area contributed by atoms with Gasteiger partial charge in [-0.2, -0.15) is 23.5 Å². The molecule has 2 nitrogen and oxygen atoms in total. The SMILES string of the molecule is C=C(C)C(=O)SCC1CSC(CSCCCCSCC2SCC(CSC(=O)C(=C)C)S2)S1. The van der Waals surface area contributed by atoms with E-state index < -0.39 is 0 Å². The van der Waals surface area contributed by atoms with Gasteiger partial charge in [0.05, 0.1) is 9.16 Å². The summed E-state index contributed by atoms with van der Waals surface area (Å²) in [6, 6.07) is 0. The fourth-order valence-corrected chi connectivity index (χ4v) is 14.6. The lowest BCUT2D eigenvalue weighted by molar-refractivity contribution is -0.108. The van der Waals surface area contributed by atoms with Gasteiger partial charge in [0, 0.05) is 45.0 Å². The van der Waals surface area contributed by atoms with Crippen molar-refractivity contribution in [2.24, 2.45) is 0 Å². The summed E-state index contributed by atoms with van der Waals surface area (Å²) in [5.41, 5.74) is 1.32. The van der Waals surface area contributed by atoms with E-state index in [9.17, 15) is 9.59 Å². The molecule has 2 aliphatic rings. The minimum atomic E-state index is 0.144. The van der Waals surface area contributed by atoms with Crippen LogP contribution in [-0.2, 0) is 9.59 Å². The molecule has 0 aromatic carbocycles. The van der Waals surface area contributed by atoms with Crippen molar-refractivity contribution in [3.05, 3.63) is 24.3 Å². The van der Waals surface area contributed by atoms with E-state index in [1.165, 1.54) is 70.9 Å². The molecular formula is C22H34O2S8. The normalized spacial score (nSPS) is 25.2. The van der Waals surface area contributed by atoms with Gasteiger partial charge in [-0.15, -0.1) is 47.0 Å². The topological polar surface area (TPSA) is 34.1 Å². The van der Waals surface area contributed by atoms with Crippen LogP contribution in [0.2, 0.25) is 0 Å². The Bertz CT molecular complexity index is 587. The van der Waals surface area contributed by atoms with E-state index in [0.717, 1.165) is 11.5 Å². The van der Waals surface area contributed by atoms with Gasteiger partial charge in [-0.05, 0) is 49.3 Å². The van der Waals surface area contributed by atoms with E-state index in [4.69, 9.17) is 0 Å². The van der Waals surface area contributed by atoms with Crippen LogP contribution in [0.3, 0.4) is 0 Å². The first-order chi connectivity index (χ1) is 15.3. The molecule has 2 rings (SSSR count). The average Bonchev–Trinajstić information content (AvgIpc) is 3.41. The predicted molar refractivity (Wildman–Crippen MR) is 164 cm³/mol. The lowest BCUT2D eigenvalue weighted by Crippen LogP contribution is -2.08. The van der Waals surface area contributed by atoms with Gasteiger partial charge < -0.3 is 0 Å². The molecule has 4 atom stereocenters. The third kappa shape index (κ3) is 12.5. The van der Waals surface area contributed by atoms with Crippen LogP contribution in [0.15, 0.2) is 24.3 Å². The lowest BCUT2D eigenvalue weighted by Gasteiger charge is -2.10. The maximum absolute atomic E-state index is 11.7. The molecule has 2 aliphatic heterocycles. The molecule has 0 radical (unpaired) electrons. The minimum Gasteiger partial charge on any atom is -0.282 e. The standard InChI is InChI=1S/C22H34O2S8/c1-15(2)21(23)29-11-17-9-27-19(31-17)13-25-7-5-6-8-26-14-20-28-10-18(32-20)12-30-22(24)16(3)4/h17-20H,1,3,5-14H2,2,4H3. The molecule has 0 bridgehead atoms. The monoisotopic (exact) mass is 586 g/mol. The average molecular weight is 587 g/mol. The van der Waals surface area contributed by atoms with Crippen LogP contribution >= 0.6 is 94.1 Å². The van der Waals surface area contributed by atoms with Gasteiger partial charge in [-0.25, -0.2) is 0 Å². The van der Waals surface area contributed by atoms with Gasteiger partial charge in [0.2, 0.25) is 10.2 Å².